The zero-order valence-electron chi connectivity index (χ0n) is 10.4. The summed E-state index contributed by atoms with van der Waals surface area (Å²) in [4.78, 5) is 15.7. The molecule has 0 amide bonds. The van der Waals surface area contributed by atoms with Gasteiger partial charge in [-0.25, -0.2) is 0 Å². The van der Waals surface area contributed by atoms with Crippen LogP contribution in [0.4, 0.5) is 11.4 Å². The molecule has 0 aliphatic carbocycles. The molecule has 19 heavy (non-hydrogen) atoms. The summed E-state index contributed by atoms with van der Waals surface area (Å²) in [7, 11) is 0. The highest BCUT2D eigenvalue weighted by Gasteiger charge is 2.17. The van der Waals surface area contributed by atoms with Gasteiger partial charge in [0, 0.05) is 24.2 Å². The van der Waals surface area contributed by atoms with Crippen molar-refractivity contribution in [1.82, 2.24) is 4.98 Å². The number of aromatic nitrogens is 1. The standard InChI is InChI=1S/C15H12N2O2/c1-10(18)15-14(17-11-5-3-2-4-6-11)12-7-8-16-9-13(12)19-15/h2-9,17H,1H3. The van der Waals surface area contributed by atoms with E-state index in [1.165, 1.54) is 6.92 Å². The molecule has 3 rings (SSSR count). The van der Waals surface area contributed by atoms with Crippen LogP contribution in [0, 0.1) is 0 Å². The van der Waals surface area contributed by atoms with Crippen LogP contribution in [0.15, 0.2) is 53.2 Å². The van der Waals surface area contributed by atoms with Crippen LogP contribution in [0.3, 0.4) is 0 Å². The number of ketones is 1. The normalized spacial score (nSPS) is 10.6. The van der Waals surface area contributed by atoms with Gasteiger partial charge in [0.05, 0.1) is 11.9 Å². The Morgan fingerprint density at radius 3 is 2.74 bits per heavy atom. The maximum Gasteiger partial charge on any atom is 0.197 e. The second-order valence-corrected chi connectivity index (χ2v) is 4.23. The number of para-hydroxylation sites is 1. The van der Waals surface area contributed by atoms with Gasteiger partial charge in [0.25, 0.3) is 0 Å². The third-order valence-electron chi connectivity index (χ3n) is 2.86. The number of pyridine rings is 1. The molecule has 4 heteroatoms. The Balaban J connectivity index is 2.15. The number of anilines is 2. The largest absolute Gasteiger partial charge is 0.449 e. The lowest BCUT2D eigenvalue weighted by Crippen LogP contribution is -1.97. The first-order valence-corrected chi connectivity index (χ1v) is 5.95. The minimum atomic E-state index is -0.116. The van der Waals surface area contributed by atoms with Crippen molar-refractivity contribution in [3.63, 3.8) is 0 Å². The SMILES string of the molecule is CC(=O)c1oc2cnccc2c1Nc1ccccc1. The number of Topliss-reactive ketones (excluding diaryl/α,β-unsaturated/α-hetero) is 1. The highest BCUT2D eigenvalue weighted by atomic mass is 16.3. The molecule has 0 radical (unpaired) electrons. The van der Waals surface area contributed by atoms with Crippen LogP contribution in [-0.2, 0) is 0 Å². The van der Waals surface area contributed by atoms with E-state index in [1.807, 2.05) is 36.4 Å². The first kappa shape index (κ1) is 11.5. The van der Waals surface area contributed by atoms with Gasteiger partial charge in [0.1, 0.15) is 0 Å². The van der Waals surface area contributed by atoms with E-state index in [0.29, 0.717) is 17.0 Å². The number of rotatable bonds is 3. The lowest BCUT2D eigenvalue weighted by atomic mass is 10.2. The Bertz CT molecular complexity index is 732. The average Bonchev–Trinajstić information content (AvgIpc) is 2.79. The molecule has 2 aromatic heterocycles. The molecule has 2 heterocycles. The zero-order chi connectivity index (χ0) is 13.2. The molecule has 0 aliphatic rings. The van der Waals surface area contributed by atoms with Crippen molar-refractivity contribution in [2.45, 2.75) is 6.92 Å². The van der Waals surface area contributed by atoms with E-state index in [0.717, 1.165) is 11.1 Å². The predicted molar refractivity (Wildman–Crippen MR) is 73.7 cm³/mol. The Morgan fingerprint density at radius 1 is 1.21 bits per heavy atom. The summed E-state index contributed by atoms with van der Waals surface area (Å²) in [5.41, 5.74) is 2.20. The van der Waals surface area contributed by atoms with Gasteiger partial charge in [-0.1, -0.05) is 18.2 Å². The van der Waals surface area contributed by atoms with Crippen LogP contribution in [0.2, 0.25) is 0 Å². The van der Waals surface area contributed by atoms with Gasteiger partial charge in [-0.2, -0.15) is 0 Å². The lowest BCUT2D eigenvalue weighted by molar-refractivity contribution is 0.0990. The van der Waals surface area contributed by atoms with Crippen LogP contribution in [-0.4, -0.2) is 10.8 Å². The van der Waals surface area contributed by atoms with Crippen molar-refractivity contribution >= 4 is 28.1 Å². The number of nitrogens with one attached hydrogen (secondary N) is 1. The van der Waals surface area contributed by atoms with Crippen LogP contribution >= 0.6 is 0 Å². The number of furan rings is 1. The quantitative estimate of drug-likeness (QED) is 0.721. The van der Waals surface area contributed by atoms with Gasteiger partial charge in [-0.15, -0.1) is 0 Å². The highest BCUT2D eigenvalue weighted by Crippen LogP contribution is 2.32. The minimum absolute atomic E-state index is 0.116. The fourth-order valence-corrected chi connectivity index (χ4v) is 1.99. The third-order valence-corrected chi connectivity index (χ3v) is 2.86. The van der Waals surface area contributed by atoms with E-state index in [9.17, 15) is 4.79 Å². The van der Waals surface area contributed by atoms with Crippen molar-refractivity contribution in [2.75, 3.05) is 5.32 Å². The molecule has 1 N–H and O–H groups in total. The molecular formula is C15H12N2O2. The number of nitrogens with zero attached hydrogens (tertiary/aromatic N) is 1. The van der Waals surface area contributed by atoms with Gasteiger partial charge < -0.3 is 9.73 Å². The van der Waals surface area contributed by atoms with Crippen LogP contribution in [0.5, 0.6) is 0 Å². The second kappa shape index (κ2) is 4.57. The Kier molecular flexibility index (Phi) is 2.76. The fraction of sp³-hybridized carbons (Fsp3) is 0.0667. The summed E-state index contributed by atoms with van der Waals surface area (Å²) in [5, 5.41) is 4.09. The number of carbonyl (C=O) groups excluding carboxylic acids is 1. The molecule has 0 unspecified atom stereocenters. The maximum atomic E-state index is 11.7. The zero-order valence-corrected chi connectivity index (χ0v) is 10.4. The van der Waals surface area contributed by atoms with Crippen LogP contribution < -0.4 is 5.32 Å². The van der Waals surface area contributed by atoms with Gasteiger partial charge in [-0.3, -0.25) is 9.78 Å². The Hall–Kier alpha value is -2.62. The predicted octanol–water partition coefficient (Wildman–Crippen LogP) is 3.77. The summed E-state index contributed by atoms with van der Waals surface area (Å²) >= 11 is 0. The average molecular weight is 252 g/mol. The number of hydrogen-bond donors (Lipinski definition) is 1. The Labute approximate surface area is 110 Å². The summed E-state index contributed by atoms with van der Waals surface area (Å²) in [6, 6.07) is 11.5. The van der Waals surface area contributed by atoms with E-state index < -0.39 is 0 Å². The van der Waals surface area contributed by atoms with Crippen molar-refractivity contribution in [2.24, 2.45) is 0 Å². The summed E-state index contributed by atoms with van der Waals surface area (Å²) < 4.78 is 5.56. The molecule has 0 fully saturated rings. The molecule has 94 valence electrons. The molecule has 3 aromatic rings. The molecule has 0 aliphatic heterocycles. The van der Waals surface area contributed by atoms with Crippen molar-refractivity contribution in [3.8, 4) is 0 Å². The van der Waals surface area contributed by atoms with Gasteiger partial charge >= 0.3 is 0 Å². The van der Waals surface area contributed by atoms with E-state index in [-0.39, 0.29) is 5.78 Å². The number of hydrogen-bond acceptors (Lipinski definition) is 4. The topological polar surface area (TPSA) is 55.1 Å². The molecule has 0 spiro atoms. The summed E-state index contributed by atoms with van der Waals surface area (Å²) in [5.74, 6) is 0.210. The van der Waals surface area contributed by atoms with Gasteiger partial charge in [0.15, 0.2) is 17.1 Å². The van der Waals surface area contributed by atoms with E-state index in [2.05, 4.69) is 10.3 Å². The van der Waals surface area contributed by atoms with Crippen LogP contribution in [0.1, 0.15) is 17.5 Å². The maximum absolute atomic E-state index is 11.7. The molecule has 4 nitrogen and oxygen atoms in total. The van der Waals surface area contributed by atoms with Crippen LogP contribution in [0.25, 0.3) is 11.0 Å². The molecule has 0 saturated carbocycles. The minimum Gasteiger partial charge on any atom is -0.449 e. The summed E-state index contributed by atoms with van der Waals surface area (Å²) in [6.45, 7) is 1.49. The summed E-state index contributed by atoms with van der Waals surface area (Å²) in [6.07, 6.45) is 3.29. The number of fused-ring (bicyclic) bond motifs is 1. The first-order chi connectivity index (χ1) is 9.25. The van der Waals surface area contributed by atoms with E-state index >= 15 is 0 Å². The molecule has 0 atom stereocenters. The van der Waals surface area contributed by atoms with Gasteiger partial charge in [-0.05, 0) is 18.2 Å². The van der Waals surface area contributed by atoms with Crippen molar-refractivity contribution in [3.05, 3.63) is 54.6 Å². The second-order valence-electron chi connectivity index (χ2n) is 4.23. The Morgan fingerprint density at radius 2 is 2.00 bits per heavy atom. The number of carbonyl (C=O) groups is 1. The van der Waals surface area contributed by atoms with Crippen molar-refractivity contribution < 1.29 is 9.21 Å². The highest BCUT2D eigenvalue weighted by molar-refractivity contribution is 6.07. The first-order valence-electron chi connectivity index (χ1n) is 5.95. The molecular weight excluding hydrogens is 240 g/mol. The van der Waals surface area contributed by atoms with Crippen molar-refractivity contribution in [1.29, 1.82) is 0 Å². The molecule has 0 bridgehead atoms. The van der Waals surface area contributed by atoms with E-state index in [4.69, 9.17) is 4.42 Å². The van der Waals surface area contributed by atoms with Gasteiger partial charge in [0.2, 0.25) is 0 Å². The number of benzene rings is 1. The third kappa shape index (κ3) is 2.08. The fourth-order valence-electron chi connectivity index (χ4n) is 1.99. The smallest absolute Gasteiger partial charge is 0.197 e. The monoisotopic (exact) mass is 252 g/mol. The van der Waals surface area contributed by atoms with E-state index in [1.54, 1.807) is 12.4 Å². The molecule has 0 saturated heterocycles. The lowest BCUT2D eigenvalue weighted by Gasteiger charge is -2.05. The molecule has 1 aromatic carbocycles.